The molecule has 4 rings (SSSR count). The van der Waals surface area contributed by atoms with Gasteiger partial charge in [-0.15, -0.1) is 12.4 Å². The molecule has 0 spiro atoms. The quantitative estimate of drug-likeness (QED) is 0.338. The molecule has 0 fully saturated rings. The van der Waals surface area contributed by atoms with E-state index in [-0.39, 0.29) is 24.2 Å². The molecule has 0 bridgehead atoms. The first kappa shape index (κ1) is 24.2. The highest BCUT2D eigenvalue weighted by atomic mass is 35.5. The Hall–Kier alpha value is -3.49. The minimum Gasteiger partial charge on any atom is -0.490 e. The van der Waals surface area contributed by atoms with Gasteiger partial charge in [0.25, 0.3) is 0 Å². The molecule has 1 heterocycles. The van der Waals surface area contributed by atoms with Gasteiger partial charge in [-0.25, -0.2) is 4.39 Å². The first-order valence-electron chi connectivity index (χ1n) is 10.5. The first-order chi connectivity index (χ1) is 15.7. The van der Waals surface area contributed by atoms with Crippen LogP contribution in [0.3, 0.4) is 0 Å². The van der Waals surface area contributed by atoms with Crippen LogP contribution < -0.4 is 14.8 Å². The summed E-state index contributed by atoms with van der Waals surface area (Å²) in [7, 11) is 0. The van der Waals surface area contributed by atoms with Crippen LogP contribution in [0.25, 0.3) is 5.69 Å². The van der Waals surface area contributed by atoms with Crippen molar-refractivity contribution in [3.05, 3.63) is 89.7 Å². The molecule has 0 aliphatic heterocycles. The molecule has 0 aliphatic carbocycles. The van der Waals surface area contributed by atoms with Gasteiger partial charge in [0.1, 0.15) is 5.82 Å². The van der Waals surface area contributed by atoms with Crippen molar-refractivity contribution in [2.75, 3.05) is 13.2 Å². The Bertz CT molecular complexity index is 1140. The maximum absolute atomic E-state index is 13.0. The molecule has 0 radical (unpaired) electrons. The van der Waals surface area contributed by atoms with Gasteiger partial charge in [-0.3, -0.25) is 0 Å². The van der Waals surface area contributed by atoms with Crippen LogP contribution in [0.2, 0.25) is 0 Å². The average molecular weight is 470 g/mol. The SMILES string of the molecule is CCOc1cc(CNCCc2ccc(F)cc2)ccc1Oc1nnnn1-c1ccccc1.Cl. The fourth-order valence-corrected chi connectivity index (χ4v) is 3.20. The van der Waals surface area contributed by atoms with E-state index in [9.17, 15) is 4.39 Å². The zero-order chi connectivity index (χ0) is 22.2. The number of ether oxygens (including phenoxy) is 2. The van der Waals surface area contributed by atoms with E-state index >= 15 is 0 Å². The summed E-state index contributed by atoms with van der Waals surface area (Å²) in [5.74, 6) is 0.937. The number of tetrazole rings is 1. The molecule has 0 atom stereocenters. The lowest BCUT2D eigenvalue weighted by molar-refractivity contribution is 0.315. The zero-order valence-corrected chi connectivity index (χ0v) is 19.0. The second kappa shape index (κ2) is 11.9. The molecule has 7 nitrogen and oxygen atoms in total. The van der Waals surface area contributed by atoms with Gasteiger partial charge < -0.3 is 14.8 Å². The first-order valence-corrected chi connectivity index (χ1v) is 10.5. The lowest BCUT2D eigenvalue weighted by atomic mass is 10.1. The van der Waals surface area contributed by atoms with E-state index in [1.165, 1.54) is 16.8 Å². The highest BCUT2D eigenvalue weighted by Crippen LogP contribution is 2.32. The van der Waals surface area contributed by atoms with E-state index in [0.29, 0.717) is 24.7 Å². The van der Waals surface area contributed by atoms with Crippen molar-refractivity contribution in [3.63, 3.8) is 0 Å². The molecular formula is C24H25ClFN5O2. The van der Waals surface area contributed by atoms with Gasteiger partial charge in [0.05, 0.1) is 12.3 Å². The maximum Gasteiger partial charge on any atom is 0.346 e. The fraction of sp³-hybridized carbons (Fsp3) is 0.208. The third-order valence-electron chi connectivity index (χ3n) is 4.78. The lowest BCUT2D eigenvalue weighted by Crippen LogP contribution is -2.16. The van der Waals surface area contributed by atoms with Crippen LogP contribution in [-0.4, -0.2) is 33.4 Å². The number of nitrogens with zero attached hydrogens (tertiary/aromatic N) is 4. The van der Waals surface area contributed by atoms with Gasteiger partial charge in [0.2, 0.25) is 0 Å². The second-order valence-electron chi connectivity index (χ2n) is 7.08. The summed E-state index contributed by atoms with van der Waals surface area (Å²) >= 11 is 0. The molecule has 1 aromatic heterocycles. The smallest absolute Gasteiger partial charge is 0.346 e. The van der Waals surface area contributed by atoms with E-state index in [1.54, 1.807) is 12.1 Å². The lowest BCUT2D eigenvalue weighted by Gasteiger charge is -2.13. The Morgan fingerprint density at radius 1 is 0.939 bits per heavy atom. The Morgan fingerprint density at radius 3 is 2.45 bits per heavy atom. The molecule has 0 saturated carbocycles. The molecule has 0 saturated heterocycles. The molecule has 33 heavy (non-hydrogen) atoms. The topological polar surface area (TPSA) is 74.1 Å². The Balaban J connectivity index is 0.00000306. The van der Waals surface area contributed by atoms with Crippen molar-refractivity contribution < 1.29 is 13.9 Å². The molecule has 0 amide bonds. The number of hydrogen-bond acceptors (Lipinski definition) is 6. The van der Waals surface area contributed by atoms with Crippen molar-refractivity contribution in [3.8, 4) is 23.2 Å². The van der Waals surface area contributed by atoms with Crippen molar-refractivity contribution in [2.45, 2.75) is 19.9 Å². The van der Waals surface area contributed by atoms with Crippen molar-refractivity contribution >= 4 is 12.4 Å². The summed E-state index contributed by atoms with van der Waals surface area (Å²) in [6.07, 6.45) is 0.821. The van der Waals surface area contributed by atoms with Gasteiger partial charge in [-0.2, -0.15) is 4.68 Å². The Labute approximate surface area is 198 Å². The summed E-state index contributed by atoms with van der Waals surface area (Å²) < 4.78 is 26.3. The van der Waals surface area contributed by atoms with Gasteiger partial charge in [0, 0.05) is 6.54 Å². The van der Waals surface area contributed by atoms with E-state index in [1.807, 2.05) is 55.5 Å². The van der Waals surface area contributed by atoms with Crippen LogP contribution in [0.4, 0.5) is 4.39 Å². The normalized spacial score (nSPS) is 10.5. The van der Waals surface area contributed by atoms with Crippen LogP contribution in [0.5, 0.6) is 17.5 Å². The molecule has 0 aliphatic rings. The van der Waals surface area contributed by atoms with Crippen LogP contribution in [0.1, 0.15) is 18.1 Å². The third-order valence-corrected chi connectivity index (χ3v) is 4.78. The Morgan fingerprint density at radius 2 is 1.70 bits per heavy atom. The summed E-state index contributed by atoms with van der Waals surface area (Å²) in [5.41, 5.74) is 2.95. The zero-order valence-electron chi connectivity index (χ0n) is 18.1. The highest BCUT2D eigenvalue weighted by Gasteiger charge is 2.14. The largest absolute Gasteiger partial charge is 0.490 e. The summed E-state index contributed by atoms with van der Waals surface area (Å²) in [5, 5.41) is 15.1. The van der Waals surface area contributed by atoms with E-state index in [0.717, 1.165) is 29.8 Å². The summed E-state index contributed by atoms with van der Waals surface area (Å²) in [4.78, 5) is 0. The van der Waals surface area contributed by atoms with Crippen molar-refractivity contribution in [1.29, 1.82) is 0 Å². The third kappa shape index (κ3) is 6.50. The van der Waals surface area contributed by atoms with Crippen molar-refractivity contribution in [1.82, 2.24) is 25.5 Å². The van der Waals surface area contributed by atoms with Gasteiger partial charge >= 0.3 is 6.01 Å². The second-order valence-corrected chi connectivity index (χ2v) is 7.08. The van der Waals surface area contributed by atoms with Crippen LogP contribution in [-0.2, 0) is 13.0 Å². The number of hydrogen-bond donors (Lipinski definition) is 1. The fourth-order valence-electron chi connectivity index (χ4n) is 3.20. The van der Waals surface area contributed by atoms with Gasteiger partial charge in [-0.1, -0.05) is 41.5 Å². The molecular weight excluding hydrogens is 445 g/mol. The number of nitrogens with one attached hydrogen (secondary N) is 1. The number of halogens is 2. The van der Waals surface area contributed by atoms with E-state index in [2.05, 4.69) is 20.8 Å². The molecule has 0 unspecified atom stereocenters. The predicted octanol–water partition coefficient (Wildman–Crippen LogP) is 4.75. The van der Waals surface area contributed by atoms with Crippen LogP contribution >= 0.6 is 12.4 Å². The minimum absolute atomic E-state index is 0. The standard InChI is InChI=1S/C24H24FN5O2.ClH/c1-2-31-23-16-19(17-26-15-14-18-8-11-20(25)12-9-18)10-13-22(23)32-24-27-28-29-30(24)21-6-4-3-5-7-21;/h3-13,16,26H,2,14-15,17H2,1H3;1H. The maximum atomic E-state index is 13.0. The molecule has 4 aromatic rings. The molecule has 9 heteroatoms. The summed E-state index contributed by atoms with van der Waals surface area (Å²) in [6.45, 7) is 3.87. The molecule has 3 aromatic carbocycles. The molecule has 1 N–H and O–H groups in total. The highest BCUT2D eigenvalue weighted by molar-refractivity contribution is 5.85. The average Bonchev–Trinajstić information content (AvgIpc) is 3.28. The van der Waals surface area contributed by atoms with E-state index < -0.39 is 0 Å². The van der Waals surface area contributed by atoms with Gasteiger partial charge in [0.15, 0.2) is 11.5 Å². The number of aromatic nitrogens is 4. The molecule has 172 valence electrons. The van der Waals surface area contributed by atoms with Crippen molar-refractivity contribution in [2.24, 2.45) is 0 Å². The predicted molar refractivity (Wildman–Crippen MR) is 126 cm³/mol. The number of benzene rings is 3. The minimum atomic E-state index is -0.217. The van der Waals surface area contributed by atoms with Gasteiger partial charge in [-0.05, 0) is 77.8 Å². The van der Waals surface area contributed by atoms with Crippen LogP contribution in [0.15, 0.2) is 72.8 Å². The monoisotopic (exact) mass is 469 g/mol. The number of para-hydroxylation sites is 1. The summed E-state index contributed by atoms with van der Waals surface area (Å²) in [6, 6.07) is 22.1. The van der Waals surface area contributed by atoms with Crippen LogP contribution in [0, 0.1) is 5.82 Å². The van der Waals surface area contributed by atoms with E-state index in [4.69, 9.17) is 9.47 Å². The number of rotatable bonds is 10. The Kier molecular flexibility index (Phi) is 8.74.